The average Bonchev–Trinajstić information content (AvgIpc) is 2.76. The van der Waals surface area contributed by atoms with Crippen LogP contribution in [0.1, 0.15) is 38.3 Å². The van der Waals surface area contributed by atoms with E-state index in [9.17, 15) is 18.0 Å². The number of hydrogen-bond donors (Lipinski definition) is 1. The number of sulfonamides is 1. The lowest BCUT2D eigenvalue weighted by Gasteiger charge is -2.32. The van der Waals surface area contributed by atoms with Gasteiger partial charge in [0.1, 0.15) is 12.6 Å². The van der Waals surface area contributed by atoms with Gasteiger partial charge in [0.05, 0.1) is 11.9 Å². The molecule has 0 saturated heterocycles. The van der Waals surface area contributed by atoms with Gasteiger partial charge in [-0.3, -0.25) is 13.9 Å². The van der Waals surface area contributed by atoms with Crippen LogP contribution in [0.3, 0.4) is 0 Å². The van der Waals surface area contributed by atoms with Gasteiger partial charge >= 0.3 is 0 Å². The number of carbonyl (C=O) groups is 2. The van der Waals surface area contributed by atoms with Gasteiger partial charge in [-0.25, -0.2) is 8.42 Å². The van der Waals surface area contributed by atoms with Crippen LogP contribution in [0.4, 0.5) is 5.69 Å². The highest BCUT2D eigenvalue weighted by Gasteiger charge is 2.30. The van der Waals surface area contributed by atoms with E-state index in [0.717, 1.165) is 32.6 Å². The van der Waals surface area contributed by atoms with E-state index in [1.165, 1.54) is 4.90 Å². The number of carbonyl (C=O) groups excluding carboxylic acids is 2. The first-order chi connectivity index (χ1) is 15.4. The monoisotopic (exact) mass is 537 g/mol. The number of halogens is 1. The number of aryl methyl sites for hydroxylation is 1. The van der Waals surface area contributed by atoms with Crippen molar-refractivity contribution in [2.75, 3.05) is 17.1 Å². The maximum Gasteiger partial charge on any atom is 0.244 e. The minimum atomic E-state index is -3.75. The number of nitrogens with zero attached hydrogens (tertiary/aromatic N) is 2. The van der Waals surface area contributed by atoms with Crippen molar-refractivity contribution in [3.05, 3.63) is 64.1 Å². The van der Waals surface area contributed by atoms with Gasteiger partial charge in [-0.15, -0.1) is 0 Å². The maximum atomic E-state index is 13.5. The van der Waals surface area contributed by atoms with Gasteiger partial charge in [-0.1, -0.05) is 53.2 Å². The third-order valence-corrected chi connectivity index (χ3v) is 7.50. The topological polar surface area (TPSA) is 86.8 Å². The molecule has 0 spiro atoms. The predicted octanol–water partition coefficient (Wildman–Crippen LogP) is 3.86. The Morgan fingerprint density at radius 1 is 1.09 bits per heavy atom. The third kappa shape index (κ3) is 7.57. The second kappa shape index (κ2) is 11.7. The van der Waals surface area contributed by atoms with E-state index in [2.05, 4.69) is 21.2 Å². The summed E-state index contributed by atoms with van der Waals surface area (Å²) in [4.78, 5) is 27.7. The summed E-state index contributed by atoms with van der Waals surface area (Å²) in [5, 5.41) is 2.91. The van der Waals surface area contributed by atoms with Gasteiger partial charge in [-0.2, -0.15) is 0 Å². The van der Waals surface area contributed by atoms with Crippen LogP contribution >= 0.6 is 15.9 Å². The van der Waals surface area contributed by atoms with Crippen molar-refractivity contribution in [3.8, 4) is 0 Å². The summed E-state index contributed by atoms with van der Waals surface area (Å²) < 4.78 is 27.1. The molecule has 33 heavy (non-hydrogen) atoms. The lowest BCUT2D eigenvalue weighted by Crippen LogP contribution is -2.52. The van der Waals surface area contributed by atoms with Crippen molar-refractivity contribution in [1.82, 2.24) is 10.2 Å². The number of anilines is 1. The number of hydrogen-bond acceptors (Lipinski definition) is 4. The minimum Gasteiger partial charge on any atom is -0.352 e. The van der Waals surface area contributed by atoms with Gasteiger partial charge in [0, 0.05) is 17.1 Å². The van der Waals surface area contributed by atoms with E-state index < -0.39 is 28.5 Å². The smallest absolute Gasteiger partial charge is 0.244 e. The molecule has 2 rings (SSSR count). The largest absolute Gasteiger partial charge is 0.352 e. The van der Waals surface area contributed by atoms with Gasteiger partial charge < -0.3 is 10.2 Å². The Morgan fingerprint density at radius 2 is 1.73 bits per heavy atom. The van der Waals surface area contributed by atoms with Crippen molar-refractivity contribution in [2.24, 2.45) is 0 Å². The van der Waals surface area contributed by atoms with E-state index in [1.807, 2.05) is 51.1 Å². The van der Waals surface area contributed by atoms with Gasteiger partial charge in [0.15, 0.2) is 0 Å². The fourth-order valence-electron chi connectivity index (χ4n) is 3.23. The predicted molar refractivity (Wildman–Crippen MR) is 135 cm³/mol. The van der Waals surface area contributed by atoms with Crippen molar-refractivity contribution < 1.29 is 18.0 Å². The molecule has 0 aromatic heterocycles. The molecule has 0 bridgehead atoms. The van der Waals surface area contributed by atoms with Crippen LogP contribution in [0.5, 0.6) is 0 Å². The molecule has 0 radical (unpaired) electrons. The molecular weight excluding hydrogens is 506 g/mol. The molecule has 0 heterocycles. The van der Waals surface area contributed by atoms with E-state index in [0.29, 0.717) is 5.69 Å². The Bertz CT molecular complexity index is 1080. The number of benzene rings is 2. The minimum absolute atomic E-state index is 0.0353. The fraction of sp³-hybridized carbons (Fsp3) is 0.417. The molecule has 0 saturated carbocycles. The number of amides is 2. The maximum absolute atomic E-state index is 13.5. The Labute approximate surface area is 205 Å². The number of rotatable bonds is 10. The first-order valence-corrected chi connectivity index (χ1v) is 13.5. The molecule has 2 aromatic carbocycles. The Balaban J connectivity index is 2.38. The standard InChI is InChI=1S/C24H32BrN3O4S/c1-6-18(3)26-24(30)19(4)27(15-20-10-8-7-9-11-20)23(29)16-28(33(5,31)32)21-12-13-22(25)17(2)14-21/h7-14,18-19H,6,15-16H2,1-5H3,(H,26,30)/t18-,19+/m0/s1. The van der Waals surface area contributed by atoms with E-state index in [1.54, 1.807) is 25.1 Å². The summed E-state index contributed by atoms with van der Waals surface area (Å²) in [6.07, 6.45) is 1.83. The lowest BCUT2D eigenvalue weighted by molar-refractivity contribution is -0.139. The lowest BCUT2D eigenvalue weighted by atomic mass is 10.1. The molecule has 180 valence electrons. The first-order valence-electron chi connectivity index (χ1n) is 10.8. The van der Waals surface area contributed by atoms with Gasteiger partial charge in [0.2, 0.25) is 21.8 Å². The molecule has 0 unspecified atom stereocenters. The van der Waals surface area contributed by atoms with Crippen LogP contribution in [-0.4, -0.2) is 50.0 Å². The zero-order valence-corrected chi connectivity index (χ0v) is 22.1. The molecule has 0 aliphatic carbocycles. The highest BCUT2D eigenvalue weighted by Crippen LogP contribution is 2.25. The molecule has 0 fully saturated rings. The third-order valence-electron chi connectivity index (χ3n) is 5.47. The molecule has 2 aromatic rings. The van der Waals surface area contributed by atoms with Crippen LogP contribution < -0.4 is 9.62 Å². The normalized spacial score (nSPS) is 13.2. The molecule has 9 heteroatoms. The van der Waals surface area contributed by atoms with E-state index >= 15 is 0 Å². The average molecular weight is 539 g/mol. The fourth-order valence-corrected chi connectivity index (χ4v) is 4.31. The van der Waals surface area contributed by atoms with Crippen LogP contribution in [0.25, 0.3) is 0 Å². The SMILES string of the molecule is CC[C@H](C)NC(=O)[C@@H](C)N(Cc1ccccc1)C(=O)CN(c1ccc(Br)c(C)c1)S(C)(=O)=O. The van der Waals surface area contributed by atoms with Crippen LogP contribution in [0.15, 0.2) is 53.0 Å². The molecule has 7 nitrogen and oxygen atoms in total. The first kappa shape index (κ1) is 26.9. The van der Waals surface area contributed by atoms with Crippen molar-refractivity contribution >= 4 is 43.5 Å². The van der Waals surface area contributed by atoms with Crippen molar-refractivity contribution in [3.63, 3.8) is 0 Å². The number of nitrogens with one attached hydrogen (secondary N) is 1. The second-order valence-corrected chi connectivity index (χ2v) is 11.0. The Kier molecular flexibility index (Phi) is 9.48. The summed E-state index contributed by atoms with van der Waals surface area (Å²) in [7, 11) is -3.75. The van der Waals surface area contributed by atoms with Crippen molar-refractivity contribution in [1.29, 1.82) is 0 Å². The van der Waals surface area contributed by atoms with E-state index in [4.69, 9.17) is 0 Å². The van der Waals surface area contributed by atoms with E-state index in [-0.39, 0.29) is 18.5 Å². The van der Waals surface area contributed by atoms with Gasteiger partial charge in [-0.05, 0) is 56.5 Å². The molecule has 2 atom stereocenters. The summed E-state index contributed by atoms with van der Waals surface area (Å²) in [5.74, 6) is -0.740. The quantitative estimate of drug-likeness (QED) is 0.498. The Hall–Kier alpha value is -2.39. The molecule has 2 amide bonds. The molecule has 0 aliphatic rings. The Morgan fingerprint density at radius 3 is 2.27 bits per heavy atom. The molecular formula is C24H32BrN3O4S. The second-order valence-electron chi connectivity index (χ2n) is 8.20. The van der Waals surface area contributed by atoms with Crippen LogP contribution in [0.2, 0.25) is 0 Å². The highest BCUT2D eigenvalue weighted by atomic mass is 79.9. The summed E-state index contributed by atoms with van der Waals surface area (Å²) in [5.41, 5.74) is 2.08. The molecule has 1 N–H and O–H groups in total. The summed E-state index contributed by atoms with van der Waals surface area (Å²) in [6, 6.07) is 13.6. The van der Waals surface area contributed by atoms with Crippen LogP contribution in [0, 0.1) is 6.92 Å². The summed E-state index contributed by atoms with van der Waals surface area (Å²) in [6.45, 7) is 7.15. The zero-order valence-electron chi connectivity index (χ0n) is 19.7. The zero-order chi connectivity index (χ0) is 24.8. The van der Waals surface area contributed by atoms with Crippen LogP contribution in [-0.2, 0) is 26.2 Å². The van der Waals surface area contributed by atoms with Gasteiger partial charge in [0.25, 0.3) is 0 Å². The summed E-state index contributed by atoms with van der Waals surface area (Å²) >= 11 is 3.41. The highest BCUT2D eigenvalue weighted by molar-refractivity contribution is 9.10. The van der Waals surface area contributed by atoms with Crippen molar-refractivity contribution in [2.45, 2.75) is 52.7 Å². The molecule has 0 aliphatic heterocycles.